The van der Waals surface area contributed by atoms with Gasteiger partial charge in [-0.3, -0.25) is 10.1 Å². The van der Waals surface area contributed by atoms with Crippen LogP contribution in [0.4, 0.5) is 24.5 Å². The van der Waals surface area contributed by atoms with Gasteiger partial charge >= 0.3 is 6.18 Å². The molecular weight excluding hydrogens is 299 g/mol. The Kier molecular flexibility index (Phi) is 2.55. The van der Waals surface area contributed by atoms with Crippen molar-refractivity contribution in [3.05, 3.63) is 51.7 Å². The molecule has 0 saturated heterocycles. The topological polar surface area (TPSA) is 59.3 Å². The molecule has 0 amide bonds. The fraction of sp³-hybridized carbons (Fsp3) is 0.214. The molecule has 3 rings (SSSR count). The quantitative estimate of drug-likeness (QED) is 0.596. The molecule has 0 fully saturated rings. The zero-order valence-corrected chi connectivity index (χ0v) is 11.2. The number of nitrogens with zero attached hydrogens (tertiary/aromatic N) is 3. The predicted octanol–water partition coefficient (Wildman–Crippen LogP) is 3.63. The predicted molar refractivity (Wildman–Crippen MR) is 73.4 cm³/mol. The van der Waals surface area contributed by atoms with Crippen LogP contribution < -0.4 is 4.90 Å². The Morgan fingerprint density at radius 3 is 2.73 bits per heavy atom. The Hall–Kier alpha value is -2.64. The zero-order valence-electron chi connectivity index (χ0n) is 13.2. The SMILES string of the molecule is [2H]C1([2H])c2ccc(C(F)(F)F)nc2-c2cccc([N+](=O)[O-])c2N1C. The van der Waals surface area contributed by atoms with Crippen molar-refractivity contribution in [1.29, 1.82) is 0 Å². The van der Waals surface area contributed by atoms with Crippen LogP contribution in [0.15, 0.2) is 30.3 Å². The lowest BCUT2D eigenvalue weighted by Gasteiger charge is -2.28. The summed E-state index contributed by atoms with van der Waals surface area (Å²) >= 11 is 0. The summed E-state index contributed by atoms with van der Waals surface area (Å²) < 4.78 is 55.1. The summed E-state index contributed by atoms with van der Waals surface area (Å²) in [5.74, 6) is 0. The van der Waals surface area contributed by atoms with Crippen molar-refractivity contribution in [3.8, 4) is 11.3 Å². The van der Waals surface area contributed by atoms with Gasteiger partial charge in [-0.2, -0.15) is 13.2 Å². The first-order chi connectivity index (χ1) is 11.0. The summed E-state index contributed by atoms with van der Waals surface area (Å²) in [5.41, 5.74) is -1.92. The van der Waals surface area contributed by atoms with Crippen LogP contribution in [0.2, 0.25) is 0 Å². The highest BCUT2D eigenvalue weighted by molar-refractivity contribution is 5.87. The second-order valence-electron chi connectivity index (χ2n) is 4.69. The molecule has 0 unspecified atom stereocenters. The van der Waals surface area contributed by atoms with Gasteiger partial charge in [-0.25, -0.2) is 4.98 Å². The van der Waals surface area contributed by atoms with E-state index in [1.807, 2.05) is 0 Å². The molecule has 1 aliphatic rings. The lowest BCUT2D eigenvalue weighted by Crippen LogP contribution is -2.24. The standard InChI is InChI=1S/C14H10F3N3O2/c1-19-7-8-5-6-11(14(15,16)17)18-12(8)9-3-2-4-10(13(9)19)20(21)22/h2-6H,7H2,1H3/i7D2. The number of para-hydroxylation sites is 1. The van der Waals surface area contributed by atoms with E-state index in [9.17, 15) is 23.3 Å². The molecule has 1 aromatic carbocycles. The molecule has 5 nitrogen and oxygen atoms in total. The van der Waals surface area contributed by atoms with Gasteiger partial charge in [-0.15, -0.1) is 0 Å². The summed E-state index contributed by atoms with van der Waals surface area (Å²) in [6, 6.07) is 5.61. The third kappa shape index (κ3) is 2.16. The Morgan fingerprint density at radius 2 is 2.09 bits per heavy atom. The number of benzene rings is 1. The van der Waals surface area contributed by atoms with Crippen LogP contribution in [0.25, 0.3) is 11.3 Å². The van der Waals surface area contributed by atoms with Gasteiger partial charge in [0.25, 0.3) is 5.69 Å². The molecule has 114 valence electrons. The van der Waals surface area contributed by atoms with Crippen molar-refractivity contribution < 1.29 is 20.8 Å². The smallest absolute Gasteiger partial charge is 0.364 e. The molecule has 22 heavy (non-hydrogen) atoms. The first kappa shape index (κ1) is 12.0. The lowest BCUT2D eigenvalue weighted by atomic mass is 9.97. The molecule has 2 aromatic rings. The van der Waals surface area contributed by atoms with E-state index in [0.717, 1.165) is 11.0 Å². The van der Waals surface area contributed by atoms with Crippen molar-refractivity contribution in [3.63, 3.8) is 0 Å². The van der Waals surface area contributed by atoms with Crippen molar-refractivity contribution in [1.82, 2.24) is 4.98 Å². The summed E-state index contributed by atoms with van der Waals surface area (Å²) in [5, 5.41) is 11.2. The van der Waals surface area contributed by atoms with Crippen LogP contribution in [0, 0.1) is 10.1 Å². The maximum Gasteiger partial charge on any atom is 0.433 e. The molecule has 0 spiro atoms. The fourth-order valence-corrected chi connectivity index (χ4v) is 2.37. The molecule has 2 heterocycles. The van der Waals surface area contributed by atoms with Crippen molar-refractivity contribution in [2.75, 3.05) is 11.9 Å². The Morgan fingerprint density at radius 1 is 1.36 bits per heavy atom. The largest absolute Gasteiger partial charge is 0.433 e. The minimum atomic E-state index is -4.70. The highest BCUT2D eigenvalue weighted by atomic mass is 19.4. The average Bonchev–Trinajstić information content (AvgIpc) is 2.50. The second-order valence-corrected chi connectivity index (χ2v) is 4.69. The number of nitro benzene ring substituents is 1. The van der Waals surface area contributed by atoms with Gasteiger partial charge in [-0.05, 0) is 11.6 Å². The number of alkyl halides is 3. The van der Waals surface area contributed by atoms with E-state index in [-0.39, 0.29) is 22.5 Å². The highest BCUT2D eigenvalue weighted by Gasteiger charge is 2.35. The summed E-state index contributed by atoms with van der Waals surface area (Å²) in [7, 11) is 1.31. The van der Waals surface area contributed by atoms with E-state index in [1.54, 1.807) is 0 Å². The Bertz CT molecular complexity index is 856. The minimum absolute atomic E-state index is 0.0778. The average molecular weight is 311 g/mol. The van der Waals surface area contributed by atoms with E-state index in [2.05, 4.69) is 4.98 Å². The van der Waals surface area contributed by atoms with E-state index >= 15 is 0 Å². The third-order valence-corrected chi connectivity index (χ3v) is 3.28. The van der Waals surface area contributed by atoms with Gasteiger partial charge in [-0.1, -0.05) is 18.2 Å². The highest BCUT2D eigenvalue weighted by Crippen LogP contribution is 2.43. The fourth-order valence-electron chi connectivity index (χ4n) is 2.37. The van der Waals surface area contributed by atoms with Crippen LogP contribution in [0.3, 0.4) is 0 Å². The van der Waals surface area contributed by atoms with Gasteiger partial charge in [0.2, 0.25) is 0 Å². The van der Waals surface area contributed by atoms with Crippen LogP contribution in [0.1, 0.15) is 14.0 Å². The van der Waals surface area contributed by atoms with Gasteiger partial charge in [0.1, 0.15) is 11.4 Å². The van der Waals surface area contributed by atoms with Gasteiger partial charge < -0.3 is 4.90 Å². The number of aromatic nitrogens is 1. The van der Waals surface area contributed by atoms with E-state index < -0.39 is 29.0 Å². The van der Waals surface area contributed by atoms with Gasteiger partial charge in [0.15, 0.2) is 0 Å². The first-order valence-corrected chi connectivity index (χ1v) is 6.15. The number of rotatable bonds is 1. The Labute approximate surface area is 126 Å². The van der Waals surface area contributed by atoms with Gasteiger partial charge in [0.05, 0.1) is 13.4 Å². The number of fused-ring (bicyclic) bond motifs is 3. The minimum Gasteiger partial charge on any atom is -0.364 e. The van der Waals surface area contributed by atoms with E-state index in [4.69, 9.17) is 2.74 Å². The molecule has 1 aliphatic heterocycles. The van der Waals surface area contributed by atoms with Crippen LogP contribution in [0.5, 0.6) is 0 Å². The molecule has 0 N–H and O–H groups in total. The molecule has 1 aromatic heterocycles. The number of pyridine rings is 1. The van der Waals surface area contributed by atoms with Crippen molar-refractivity contribution in [2.24, 2.45) is 0 Å². The summed E-state index contributed by atoms with van der Waals surface area (Å²) in [6.45, 7) is -2.24. The van der Waals surface area contributed by atoms with Crippen LogP contribution in [-0.4, -0.2) is 17.0 Å². The second kappa shape index (κ2) is 4.69. The molecular formula is C14H10F3N3O2. The van der Waals surface area contributed by atoms with E-state index in [1.165, 1.54) is 25.2 Å². The number of hydrogen-bond donors (Lipinski definition) is 0. The summed E-state index contributed by atoms with van der Waals surface area (Å²) in [6.07, 6.45) is -4.70. The third-order valence-electron chi connectivity index (χ3n) is 3.28. The normalized spacial score (nSPS) is 17.2. The monoisotopic (exact) mass is 311 g/mol. The first-order valence-electron chi connectivity index (χ1n) is 7.15. The number of anilines is 1. The molecule has 8 heteroatoms. The molecule has 0 bridgehead atoms. The maximum absolute atomic E-state index is 12.9. The van der Waals surface area contributed by atoms with E-state index in [0.29, 0.717) is 6.07 Å². The molecule has 0 radical (unpaired) electrons. The van der Waals surface area contributed by atoms with Crippen LogP contribution in [-0.2, 0) is 12.7 Å². The zero-order chi connectivity index (χ0) is 17.9. The van der Waals surface area contributed by atoms with Crippen molar-refractivity contribution >= 4 is 11.4 Å². The Balaban J connectivity index is 2.38. The van der Waals surface area contributed by atoms with Gasteiger partial charge in [0, 0.05) is 25.2 Å². The molecule has 0 atom stereocenters. The maximum atomic E-state index is 12.9. The number of halogens is 3. The number of nitro groups is 1. The molecule has 0 aliphatic carbocycles. The summed E-state index contributed by atoms with van der Waals surface area (Å²) in [4.78, 5) is 15.1. The number of hydrogen-bond acceptors (Lipinski definition) is 4. The van der Waals surface area contributed by atoms with Crippen molar-refractivity contribution in [2.45, 2.75) is 12.7 Å². The molecule has 0 saturated carbocycles. The lowest BCUT2D eigenvalue weighted by molar-refractivity contribution is -0.384. The van der Waals surface area contributed by atoms with Crippen LogP contribution >= 0.6 is 0 Å².